The highest BCUT2D eigenvalue weighted by molar-refractivity contribution is 7.12. The van der Waals surface area contributed by atoms with E-state index in [2.05, 4.69) is 15.4 Å². The first-order valence-corrected chi connectivity index (χ1v) is 7.61. The van der Waals surface area contributed by atoms with Crippen molar-refractivity contribution in [1.82, 2.24) is 10.2 Å². The van der Waals surface area contributed by atoms with Crippen LogP contribution in [0.5, 0.6) is 0 Å². The SMILES string of the molecule is CN(C)CCCNC(=O)[C@@]1(C)CC(c2cccs2)=NO1. The van der Waals surface area contributed by atoms with Gasteiger partial charge in [0.2, 0.25) is 5.60 Å². The van der Waals surface area contributed by atoms with Gasteiger partial charge in [-0.3, -0.25) is 4.79 Å². The number of carbonyl (C=O) groups is 1. The van der Waals surface area contributed by atoms with Crippen LogP contribution in [0, 0.1) is 0 Å². The van der Waals surface area contributed by atoms with Crippen LogP contribution in [0.1, 0.15) is 24.6 Å². The molecule has 2 heterocycles. The van der Waals surface area contributed by atoms with Gasteiger partial charge in [-0.2, -0.15) is 0 Å². The second kappa shape index (κ2) is 6.37. The van der Waals surface area contributed by atoms with Crippen molar-refractivity contribution in [3.8, 4) is 0 Å². The number of amides is 1. The van der Waals surface area contributed by atoms with Crippen LogP contribution in [0.25, 0.3) is 0 Å². The van der Waals surface area contributed by atoms with Gasteiger partial charge in [0.05, 0.1) is 4.88 Å². The minimum atomic E-state index is -0.878. The third-order valence-corrected chi connectivity index (χ3v) is 4.13. The Morgan fingerprint density at radius 2 is 2.40 bits per heavy atom. The van der Waals surface area contributed by atoms with Crippen molar-refractivity contribution < 1.29 is 9.63 Å². The lowest BCUT2D eigenvalue weighted by Crippen LogP contribution is -2.45. The number of nitrogens with one attached hydrogen (secondary N) is 1. The molecule has 1 aromatic rings. The fourth-order valence-corrected chi connectivity index (χ4v) is 2.73. The Morgan fingerprint density at radius 3 is 3.05 bits per heavy atom. The number of thiophene rings is 1. The van der Waals surface area contributed by atoms with Crippen molar-refractivity contribution in [3.05, 3.63) is 22.4 Å². The molecule has 1 amide bonds. The minimum Gasteiger partial charge on any atom is -0.379 e. The highest BCUT2D eigenvalue weighted by atomic mass is 32.1. The molecule has 110 valence electrons. The normalized spacial score (nSPS) is 21.7. The number of carbonyl (C=O) groups excluding carboxylic acids is 1. The fraction of sp³-hybridized carbons (Fsp3) is 0.571. The highest BCUT2D eigenvalue weighted by Crippen LogP contribution is 2.28. The molecule has 5 nitrogen and oxygen atoms in total. The summed E-state index contributed by atoms with van der Waals surface area (Å²) < 4.78 is 0. The molecule has 0 spiro atoms. The van der Waals surface area contributed by atoms with Gasteiger partial charge in [-0.05, 0) is 45.4 Å². The summed E-state index contributed by atoms with van der Waals surface area (Å²) in [5.74, 6) is -0.0911. The van der Waals surface area contributed by atoms with Crippen molar-refractivity contribution >= 4 is 23.0 Å². The standard InChI is InChI=1S/C14H21N3O2S/c1-14(13(18)15-7-5-8-17(2)3)10-11(16-19-14)12-6-4-9-20-12/h4,6,9H,5,7-8,10H2,1-3H3,(H,15,18)/t14-/m1/s1. The lowest BCUT2D eigenvalue weighted by atomic mass is 9.98. The molecule has 0 saturated carbocycles. The average Bonchev–Trinajstić information content (AvgIpc) is 3.03. The van der Waals surface area contributed by atoms with Crippen LogP contribution < -0.4 is 5.32 Å². The second-order valence-electron chi connectivity index (χ2n) is 5.43. The largest absolute Gasteiger partial charge is 0.379 e. The van der Waals surface area contributed by atoms with Gasteiger partial charge in [-0.1, -0.05) is 11.2 Å². The minimum absolute atomic E-state index is 0.0911. The maximum atomic E-state index is 12.2. The first-order chi connectivity index (χ1) is 9.51. The van der Waals surface area contributed by atoms with E-state index in [4.69, 9.17) is 4.84 Å². The van der Waals surface area contributed by atoms with Crippen molar-refractivity contribution in [2.45, 2.75) is 25.4 Å². The molecule has 1 N–H and O–H groups in total. The molecule has 0 unspecified atom stereocenters. The first-order valence-electron chi connectivity index (χ1n) is 6.73. The van der Waals surface area contributed by atoms with Crippen LogP contribution in [-0.2, 0) is 9.63 Å². The van der Waals surface area contributed by atoms with E-state index < -0.39 is 5.60 Å². The van der Waals surface area contributed by atoms with Crippen molar-refractivity contribution in [2.24, 2.45) is 5.16 Å². The summed E-state index contributed by atoms with van der Waals surface area (Å²) in [7, 11) is 4.04. The first kappa shape index (κ1) is 15.0. The molecule has 1 atom stereocenters. The Morgan fingerprint density at radius 1 is 1.60 bits per heavy atom. The Bertz CT molecular complexity index is 485. The summed E-state index contributed by atoms with van der Waals surface area (Å²) in [6.45, 7) is 3.40. The van der Waals surface area contributed by atoms with E-state index in [1.165, 1.54) is 0 Å². The molecule has 20 heavy (non-hydrogen) atoms. The molecule has 1 aliphatic rings. The highest BCUT2D eigenvalue weighted by Gasteiger charge is 2.42. The zero-order valence-corrected chi connectivity index (χ0v) is 13.0. The van der Waals surface area contributed by atoms with Crippen LogP contribution in [0.2, 0.25) is 0 Å². The molecule has 0 bridgehead atoms. The lowest BCUT2D eigenvalue weighted by Gasteiger charge is -2.20. The second-order valence-corrected chi connectivity index (χ2v) is 6.37. The van der Waals surface area contributed by atoms with E-state index in [0.717, 1.165) is 23.6 Å². The van der Waals surface area contributed by atoms with E-state index >= 15 is 0 Å². The van der Waals surface area contributed by atoms with E-state index in [-0.39, 0.29) is 5.91 Å². The van der Waals surface area contributed by atoms with E-state index in [9.17, 15) is 4.79 Å². The van der Waals surface area contributed by atoms with E-state index in [1.54, 1.807) is 18.3 Å². The molecule has 1 aromatic heterocycles. The summed E-state index contributed by atoms with van der Waals surface area (Å²) >= 11 is 1.61. The predicted molar refractivity (Wildman–Crippen MR) is 81.1 cm³/mol. The molecule has 1 aliphatic heterocycles. The fourth-order valence-electron chi connectivity index (χ4n) is 2.02. The molecular formula is C14H21N3O2S. The van der Waals surface area contributed by atoms with Gasteiger partial charge in [0, 0.05) is 13.0 Å². The number of hydrogen-bond acceptors (Lipinski definition) is 5. The Labute approximate surface area is 123 Å². The average molecular weight is 295 g/mol. The maximum absolute atomic E-state index is 12.2. The molecule has 0 fully saturated rings. The third-order valence-electron chi connectivity index (χ3n) is 3.22. The predicted octanol–water partition coefficient (Wildman–Crippen LogP) is 1.70. The van der Waals surface area contributed by atoms with Crippen LogP contribution in [0.4, 0.5) is 0 Å². The van der Waals surface area contributed by atoms with Crippen LogP contribution >= 0.6 is 11.3 Å². The summed E-state index contributed by atoms with van der Waals surface area (Å²) in [6, 6.07) is 3.97. The molecule has 0 saturated heterocycles. The van der Waals surface area contributed by atoms with Gasteiger partial charge < -0.3 is 15.1 Å². The molecule has 0 aliphatic carbocycles. The summed E-state index contributed by atoms with van der Waals surface area (Å²) in [4.78, 5) is 20.8. The van der Waals surface area contributed by atoms with Crippen molar-refractivity contribution in [3.63, 3.8) is 0 Å². The number of rotatable bonds is 6. The molecule has 0 aromatic carbocycles. The monoisotopic (exact) mass is 295 g/mol. The summed E-state index contributed by atoms with van der Waals surface area (Å²) in [5.41, 5.74) is -0.0248. The molecule has 0 radical (unpaired) electrons. The van der Waals surface area contributed by atoms with E-state index in [0.29, 0.717) is 13.0 Å². The number of oxime groups is 1. The molecule has 2 rings (SSSR count). The van der Waals surface area contributed by atoms with Gasteiger partial charge in [-0.15, -0.1) is 11.3 Å². The van der Waals surface area contributed by atoms with Crippen molar-refractivity contribution in [1.29, 1.82) is 0 Å². The van der Waals surface area contributed by atoms with E-state index in [1.807, 2.05) is 31.6 Å². The zero-order chi connectivity index (χ0) is 14.6. The maximum Gasteiger partial charge on any atom is 0.267 e. The van der Waals surface area contributed by atoms with Crippen LogP contribution in [0.3, 0.4) is 0 Å². The van der Waals surface area contributed by atoms with Gasteiger partial charge in [0.15, 0.2) is 0 Å². The van der Waals surface area contributed by atoms with Gasteiger partial charge in [-0.25, -0.2) is 0 Å². The molecular weight excluding hydrogens is 274 g/mol. The Hall–Kier alpha value is -1.40. The Kier molecular flexibility index (Phi) is 4.77. The zero-order valence-electron chi connectivity index (χ0n) is 12.2. The van der Waals surface area contributed by atoms with Crippen molar-refractivity contribution in [2.75, 3.05) is 27.2 Å². The molecule has 6 heteroatoms. The number of hydrogen-bond donors (Lipinski definition) is 1. The lowest BCUT2D eigenvalue weighted by molar-refractivity contribution is -0.141. The topological polar surface area (TPSA) is 53.9 Å². The summed E-state index contributed by atoms with van der Waals surface area (Å²) in [6.07, 6.45) is 1.44. The van der Waals surface area contributed by atoms with Gasteiger partial charge >= 0.3 is 0 Å². The van der Waals surface area contributed by atoms with Crippen LogP contribution in [-0.4, -0.2) is 49.3 Å². The number of nitrogens with zero attached hydrogens (tertiary/aromatic N) is 2. The van der Waals surface area contributed by atoms with Gasteiger partial charge in [0.1, 0.15) is 5.71 Å². The van der Waals surface area contributed by atoms with Crippen LogP contribution in [0.15, 0.2) is 22.7 Å². The summed E-state index contributed by atoms with van der Waals surface area (Å²) in [5, 5.41) is 8.99. The van der Waals surface area contributed by atoms with Gasteiger partial charge in [0.25, 0.3) is 5.91 Å². The third kappa shape index (κ3) is 3.58. The quantitative estimate of drug-likeness (QED) is 0.813. The Balaban J connectivity index is 1.82. The smallest absolute Gasteiger partial charge is 0.267 e.